The third kappa shape index (κ3) is 5.12. The van der Waals surface area contributed by atoms with Crippen LogP contribution in [0.25, 0.3) is 0 Å². The van der Waals surface area contributed by atoms with E-state index in [0.29, 0.717) is 25.8 Å². The first-order chi connectivity index (χ1) is 11.4. The normalized spacial score (nSPS) is 11.5. The lowest BCUT2D eigenvalue weighted by Crippen LogP contribution is -2.47. The van der Waals surface area contributed by atoms with Crippen molar-refractivity contribution in [3.05, 3.63) is 62.5 Å². The molecule has 8 heteroatoms. The SMILES string of the molecule is CC(Oc1ccc(Cl)cc1Br)C(=O)NNC(=O)c1ccc(Cl)cc1. The largest absolute Gasteiger partial charge is 0.480 e. The molecule has 2 aromatic rings. The fourth-order valence-electron chi connectivity index (χ4n) is 1.71. The third-order valence-electron chi connectivity index (χ3n) is 2.97. The molecule has 0 aromatic heterocycles. The lowest BCUT2D eigenvalue weighted by molar-refractivity contribution is -0.128. The van der Waals surface area contributed by atoms with Crippen molar-refractivity contribution in [3.63, 3.8) is 0 Å². The predicted octanol–water partition coefficient (Wildman–Crippen LogP) is 3.98. The van der Waals surface area contributed by atoms with Crippen LogP contribution < -0.4 is 15.6 Å². The number of nitrogens with one attached hydrogen (secondary N) is 2. The number of ether oxygens (including phenoxy) is 1. The number of hydrogen-bond acceptors (Lipinski definition) is 3. The van der Waals surface area contributed by atoms with Gasteiger partial charge in [0.15, 0.2) is 6.10 Å². The number of rotatable bonds is 4. The van der Waals surface area contributed by atoms with E-state index >= 15 is 0 Å². The molecular formula is C16H13BrCl2N2O3. The van der Waals surface area contributed by atoms with Crippen LogP contribution in [0, 0.1) is 0 Å². The van der Waals surface area contributed by atoms with Crippen LogP contribution in [-0.2, 0) is 4.79 Å². The Morgan fingerprint density at radius 3 is 2.29 bits per heavy atom. The maximum Gasteiger partial charge on any atom is 0.279 e. The summed E-state index contributed by atoms with van der Waals surface area (Å²) in [5.41, 5.74) is 4.99. The van der Waals surface area contributed by atoms with Crippen molar-refractivity contribution < 1.29 is 14.3 Å². The summed E-state index contributed by atoms with van der Waals surface area (Å²) in [4.78, 5) is 23.9. The topological polar surface area (TPSA) is 67.4 Å². The number of hydrogen-bond donors (Lipinski definition) is 2. The maximum absolute atomic E-state index is 12.0. The number of benzene rings is 2. The van der Waals surface area contributed by atoms with Gasteiger partial charge < -0.3 is 4.74 Å². The monoisotopic (exact) mass is 430 g/mol. The van der Waals surface area contributed by atoms with Crippen molar-refractivity contribution in [1.82, 2.24) is 10.9 Å². The summed E-state index contributed by atoms with van der Waals surface area (Å²) in [5, 5.41) is 1.06. The van der Waals surface area contributed by atoms with Gasteiger partial charge in [-0.25, -0.2) is 0 Å². The first kappa shape index (κ1) is 18.6. The highest BCUT2D eigenvalue weighted by atomic mass is 79.9. The molecule has 0 radical (unpaired) electrons. The Labute approximate surface area is 157 Å². The summed E-state index contributed by atoms with van der Waals surface area (Å²) in [6, 6.07) is 11.2. The van der Waals surface area contributed by atoms with E-state index in [1.165, 1.54) is 0 Å². The zero-order valence-corrected chi connectivity index (χ0v) is 15.6. The maximum atomic E-state index is 12.0. The van der Waals surface area contributed by atoms with Gasteiger partial charge in [-0.15, -0.1) is 0 Å². The van der Waals surface area contributed by atoms with Gasteiger partial charge >= 0.3 is 0 Å². The quantitative estimate of drug-likeness (QED) is 0.719. The Morgan fingerprint density at radius 1 is 1.04 bits per heavy atom. The molecule has 24 heavy (non-hydrogen) atoms. The second-order valence-electron chi connectivity index (χ2n) is 4.79. The van der Waals surface area contributed by atoms with Gasteiger partial charge in [-0.2, -0.15) is 0 Å². The second kappa shape index (κ2) is 8.37. The van der Waals surface area contributed by atoms with Crippen LogP contribution in [-0.4, -0.2) is 17.9 Å². The second-order valence-corrected chi connectivity index (χ2v) is 6.51. The van der Waals surface area contributed by atoms with E-state index in [9.17, 15) is 9.59 Å². The van der Waals surface area contributed by atoms with E-state index < -0.39 is 17.9 Å². The molecule has 1 unspecified atom stereocenters. The molecule has 0 aliphatic heterocycles. The molecule has 2 rings (SSSR count). The first-order valence-corrected chi connectivity index (χ1v) is 8.39. The lowest BCUT2D eigenvalue weighted by atomic mass is 10.2. The Bertz CT molecular complexity index is 753. The molecule has 1 atom stereocenters. The van der Waals surface area contributed by atoms with Crippen LogP contribution in [0.1, 0.15) is 17.3 Å². The summed E-state index contributed by atoms with van der Waals surface area (Å²) < 4.78 is 6.15. The van der Waals surface area contributed by atoms with Crippen LogP contribution >= 0.6 is 39.1 Å². The van der Waals surface area contributed by atoms with Crippen molar-refractivity contribution in [2.75, 3.05) is 0 Å². The van der Waals surface area contributed by atoms with Crippen LogP contribution in [0.15, 0.2) is 46.9 Å². The molecule has 2 N–H and O–H groups in total. The molecule has 0 fully saturated rings. The van der Waals surface area contributed by atoms with E-state index in [2.05, 4.69) is 26.8 Å². The first-order valence-electron chi connectivity index (χ1n) is 6.84. The third-order valence-corrected chi connectivity index (χ3v) is 4.08. The van der Waals surface area contributed by atoms with Gasteiger partial charge in [0.2, 0.25) is 0 Å². The van der Waals surface area contributed by atoms with Gasteiger partial charge in [-0.05, 0) is 65.3 Å². The van der Waals surface area contributed by atoms with E-state index in [-0.39, 0.29) is 0 Å². The fourth-order valence-corrected chi connectivity index (χ4v) is 2.61. The highest BCUT2D eigenvalue weighted by Gasteiger charge is 2.17. The summed E-state index contributed by atoms with van der Waals surface area (Å²) >= 11 is 14.9. The van der Waals surface area contributed by atoms with E-state index in [1.54, 1.807) is 49.4 Å². The minimum Gasteiger partial charge on any atom is -0.480 e. The Kier molecular flexibility index (Phi) is 6.48. The van der Waals surface area contributed by atoms with Crippen molar-refractivity contribution in [3.8, 4) is 5.75 Å². The number of hydrazine groups is 1. The Balaban J connectivity index is 1.89. The average molecular weight is 432 g/mol. The Morgan fingerprint density at radius 2 is 1.67 bits per heavy atom. The zero-order chi connectivity index (χ0) is 17.7. The number of carbonyl (C=O) groups excluding carboxylic acids is 2. The molecule has 0 bridgehead atoms. The van der Waals surface area contributed by atoms with Crippen molar-refractivity contribution in [2.45, 2.75) is 13.0 Å². The lowest BCUT2D eigenvalue weighted by Gasteiger charge is -2.16. The molecule has 0 spiro atoms. The molecule has 0 saturated heterocycles. The van der Waals surface area contributed by atoms with Gasteiger partial charge in [0.25, 0.3) is 11.8 Å². The van der Waals surface area contributed by atoms with Crippen molar-refractivity contribution in [1.29, 1.82) is 0 Å². The molecule has 0 heterocycles. The van der Waals surface area contributed by atoms with Gasteiger partial charge in [-0.1, -0.05) is 23.2 Å². The minimum absolute atomic E-state index is 0.369. The standard InChI is InChI=1S/C16H13BrCl2N2O3/c1-9(24-14-7-6-12(19)8-13(14)17)15(22)20-21-16(23)10-2-4-11(18)5-3-10/h2-9H,1H3,(H,20,22)(H,21,23). The van der Waals surface area contributed by atoms with Crippen LogP contribution in [0.2, 0.25) is 10.0 Å². The molecule has 0 saturated carbocycles. The van der Waals surface area contributed by atoms with Gasteiger partial charge in [0.05, 0.1) is 4.47 Å². The number of amides is 2. The average Bonchev–Trinajstić information content (AvgIpc) is 2.55. The molecular weight excluding hydrogens is 419 g/mol. The van der Waals surface area contributed by atoms with Gasteiger partial charge in [0, 0.05) is 15.6 Å². The van der Waals surface area contributed by atoms with Crippen LogP contribution in [0.3, 0.4) is 0 Å². The smallest absolute Gasteiger partial charge is 0.279 e. The summed E-state index contributed by atoms with van der Waals surface area (Å²) in [7, 11) is 0. The summed E-state index contributed by atoms with van der Waals surface area (Å²) in [5.74, 6) is -0.495. The van der Waals surface area contributed by atoms with E-state index in [4.69, 9.17) is 27.9 Å². The minimum atomic E-state index is -0.826. The Hall–Kier alpha value is -1.76. The summed E-state index contributed by atoms with van der Waals surface area (Å²) in [6.45, 7) is 1.56. The molecule has 0 aliphatic carbocycles. The van der Waals surface area contributed by atoms with Gasteiger partial charge in [0.1, 0.15) is 5.75 Å². The fraction of sp³-hybridized carbons (Fsp3) is 0.125. The zero-order valence-electron chi connectivity index (χ0n) is 12.5. The number of carbonyl (C=O) groups is 2. The van der Waals surface area contributed by atoms with Crippen LogP contribution in [0.5, 0.6) is 5.75 Å². The highest BCUT2D eigenvalue weighted by molar-refractivity contribution is 9.10. The van der Waals surface area contributed by atoms with E-state index in [0.717, 1.165) is 0 Å². The van der Waals surface area contributed by atoms with Crippen molar-refractivity contribution in [2.24, 2.45) is 0 Å². The molecule has 5 nitrogen and oxygen atoms in total. The van der Waals surface area contributed by atoms with E-state index in [1.807, 2.05) is 0 Å². The molecule has 2 amide bonds. The molecule has 0 aliphatic rings. The molecule has 126 valence electrons. The molecule has 2 aromatic carbocycles. The van der Waals surface area contributed by atoms with Crippen molar-refractivity contribution >= 4 is 50.9 Å². The van der Waals surface area contributed by atoms with Crippen LogP contribution in [0.4, 0.5) is 0 Å². The highest BCUT2D eigenvalue weighted by Crippen LogP contribution is 2.28. The predicted molar refractivity (Wildman–Crippen MR) is 96.3 cm³/mol. The van der Waals surface area contributed by atoms with Gasteiger partial charge in [-0.3, -0.25) is 20.4 Å². The number of halogens is 3. The summed E-state index contributed by atoms with van der Waals surface area (Å²) in [6.07, 6.45) is -0.826.